The Hall–Kier alpha value is -2.04. The maximum absolute atomic E-state index is 13.6. The summed E-state index contributed by atoms with van der Waals surface area (Å²) < 4.78 is 32.7. The molecule has 3 aromatic rings. The molecule has 0 bridgehead atoms. The largest absolute Gasteiger partial charge is 0.488 e. The minimum absolute atomic E-state index is 0.274. The molecule has 0 unspecified atom stereocenters. The Balaban J connectivity index is 1.61. The molecular formula is C21H21ClFNO2. The van der Waals surface area contributed by atoms with Gasteiger partial charge in [-0.15, -0.1) is 0 Å². The molecule has 136 valence electrons. The van der Waals surface area contributed by atoms with Gasteiger partial charge in [-0.1, -0.05) is 35.9 Å². The van der Waals surface area contributed by atoms with Gasteiger partial charge in [-0.2, -0.15) is 4.39 Å². The minimum Gasteiger partial charge on any atom is -0.488 e. The molecule has 0 saturated carbocycles. The second kappa shape index (κ2) is 7.29. The highest BCUT2D eigenvalue weighted by Crippen LogP contribution is 2.36. The second-order valence-corrected chi connectivity index (χ2v) is 7.13. The predicted octanol–water partition coefficient (Wildman–Crippen LogP) is 5.58. The average molecular weight is 375 g/mol. The maximum Gasteiger partial charge on any atom is 0.278 e. The van der Waals surface area contributed by atoms with Crippen molar-refractivity contribution >= 4 is 22.6 Å². The van der Waals surface area contributed by atoms with Crippen LogP contribution >= 0.6 is 11.6 Å². The number of furan rings is 1. The summed E-state index contributed by atoms with van der Waals surface area (Å²) in [7, 11) is 0. The molecule has 2 heterocycles. The summed E-state index contributed by atoms with van der Waals surface area (Å²) >= 11 is 6.14. The fourth-order valence-electron chi connectivity index (χ4n) is 3.63. The van der Waals surface area contributed by atoms with Crippen LogP contribution in [-0.2, 0) is 6.61 Å². The van der Waals surface area contributed by atoms with Crippen molar-refractivity contribution in [3.05, 3.63) is 64.1 Å². The van der Waals surface area contributed by atoms with Crippen LogP contribution in [0.2, 0.25) is 6.43 Å². The van der Waals surface area contributed by atoms with Gasteiger partial charge in [0.05, 0.1) is 5.02 Å². The molecule has 5 heteroatoms. The van der Waals surface area contributed by atoms with Gasteiger partial charge in [0.1, 0.15) is 19.4 Å². The minimum atomic E-state index is -0.655. The van der Waals surface area contributed by atoms with Crippen molar-refractivity contribution in [3.8, 4) is 5.75 Å². The number of nitrogens with one attached hydrogen (secondary N) is 1. The van der Waals surface area contributed by atoms with Crippen LogP contribution in [0.4, 0.5) is 4.39 Å². The zero-order valence-electron chi connectivity index (χ0n) is 15.6. The Morgan fingerprint density at radius 3 is 2.92 bits per heavy atom. The van der Waals surface area contributed by atoms with Gasteiger partial charge in [0.15, 0.2) is 0 Å². The van der Waals surface area contributed by atoms with Crippen LogP contribution in [0, 0.1) is 12.9 Å². The van der Waals surface area contributed by atoms with Crippen molar-refractivity contribution in [3.63, 3.8) is 0 Å². The smallest absolute Gasteiger partial charge is 0.278 e. The van der Waals surface area contributed by atoms with Crippen LogP contribution in [0.3, 0.4) is 0 Å². The van der Waals surface area contributed by atoms with E-state index in [1.807, 2.05) is 25.1 Å². The van der Waals surface area contributed by atoms with Gasteiger partial charge in [0, 0.05) is 17.0 Å². The van der Waals surface area contributed by atoms with E-state index in [2.05, 4.69) is 6.07 Å². The Bertz CT molecular complexity index is 966. The molecule has 1 fully saturated rings. The molecule has 1 saturated heterocycles. The fraction of sp³-hybridized carbons (Fsp3) is 0.333. The summed E-state index contributed by atoms with van der Waals surface area (Å²) in [5.41, 5.74) is 3.43. The van der Waals surface area contributed by atoms with E-state index in [9.17, 15) is 4.39 Å². The van der Waals surface area contributed by atoms with Gasteiger partial charge in [-0.05, 0) is 56.0 Å². The molecule has 0 radical (unpaired) electrons. The lowest BCUT2D eigenvalue weighted by Crippen LogP contribution is -2.27. The van der Waals surface area contributed by atoms with E-state index in [-0.39, 0.29) is 6.61 Å². The quantitative estimate of drug-likeness (QED) is 0.647. The molecular weight excluding hydrogens is 353 g/mol. The monoisotopic (exact) mass is 374 g/mol. The van der Waals surface area contributed by atoms with E-state index in [0.29, 0.717) is 21.9 Å². The first-order chi connectivity index (χ1) is 13.0. The summed E-state index contributed by atoms with van der Waals surface area (Å²) in [5, 5.41) is 2.63. The normalized spacial score (nSPS) is 16.8. The number of halogens is 2. The van der Waals surface area contributed by atoms with Crippen molar-refractivity contribution in [1.29, 1.82) is 0 Å². The lowest BCUT2D eigenvalue weighted by Gasteiger charge is -2.26. The number of fused-ring (bicyclic) bond motifs is 1. The number of aryl methyl sites for hydroxylation is 1. The van der Waals surface area contributed by atoms with E-state index < -0.39 is 6.01 Å². The van der Waals surface area contributed by atoms with Crippen LogP contribution in [0.15, 0.2) is 40.8 Å². The Labute approximate surface area is 158 Å². The molecule has 2 aromatic carbocycles. The summed E-state index contributed by atoms with van der Waals surface area (Å²) in [5.74, 6) is 1.25. The standard InChI is InChI=1S/C21H21ClFNO2/c1-13-3-2-4-16(14-7-9-24-10-8-14)20(13)25-12-15-5-6-18(22)17-11-19(23)26-21(15)17/h2-6,11,14,24H,7-10,12H2,1H3/i/hD. The topological polar surface area (TPSA) is 34.4 Å². The third-order valence-electron chi connectivity index (χ3n) is 5.01. The van der Waals surface area contributed by atoms with Crippen LogP contribution < -0.4 is 10.0 Å². The van der Waals surface area contributed by atoms with E-state index in [0.717, 1.165) is 42.8 Å². The molecule has 0 aliphatic carbocycles. The highest BCUT2D eigenvalue weighted by Gasteiger charge is 2.20. The first kappa shape index (κ1) is 16.2. The number of para-hydroxylation sites is 1. The molecule has 1 N–H and O–H groups in total. The molecule has 4 rings (SSSR count). The molecule has 0 amide bonds. The van der Waals surface area contributed by atoms with E-state index in [4.69, 9.17) is 22.2 Å². The van der Waals surface area contributed by atoms with Crippen molar-refractivity contribution in [2.75, 3.05) is 13.1 Å². The molecule has 1 aliphatic heterocycles. The maximum atomic E-state index is 13.6. The van der Waals surface area contributed by atoms with Gasteiger partial charge in [0.25, 0.3) is 6.01 Å². The van der Waals surface area contributed by atoms with Crippen LogP contribution in [-0.4, -0.2) is 13.1 Å². The van der Waals surface area contributed by atoms with Crippen molar-refractivity contribution < 1.29 is 15.0 Å². The Kier molecular flexibility index (Phi) is 4.53. The SMILES string of the molecule is [2H]N1CCC(c2cccc(C)c2OCc2ccc(Cl)c3cc(F)oc23)CC1. The lowest BCUT2D eigenvalue weighted by molar-refractivity contribution is 0.293. The molecule has 0 atom stereocenters. The van der Waals surface area contributed by atoms with E-state index in [1.165, 1.54) is 11.6 Å². The summed E-state index contributed by atoms with van der Waals surface area (Å²) in [4.78, 5) is 0. The molecule has 1 aromatic heterocycles. The molecule has 0 spiro atoms. The summed E-state index contributed by atoms with van der Waals surface area (Å²) in [6, 6.07) is 10.4. The van der Waals surface area contributed by atoms with Crippen LogP contribution in [0.5, 0.6) is 5.75 Å². The molecule has 26 heavy (non-hydrogen) atoms. The van der Waals surface area contributed by atoms with Crippen molar-refractivity contribution in [1.82, 2.24) is 5.31 Å². The van der Waals surface area contributed by atoms with Crippen LogP contribution in [0.25, 0.3) is 11.0 Å². The third-order valence-corrected chi connectivity index (χ3v) is 5.34. The second-order valence-electron chi connectivity index (χ2n) is 6.73. The molecule has 1 aliphatic rings. The highest BCUT2D eigenvalue weighted by molar-refractivity contribution is 6.35. The average Bonchev–Trinajstić information content (AvgIpc) is 3.05. The first-order valence-electron chi connectivity index (χ1n) is 9.30. The van der Waals surface area contributed by atoms with Gasteiger partial charge in [0.2, 0.25) is 0 Å². The number of hydrogen-bond donors (Lipinski definition) is 1. The molecule has 3 nitrogen and oxygen atoms in total. The van der Waals surface area contributed by atoms with E-state index in [1.54, 1.807) is 11.4 Å². The van der Waals surface area contributed by atoms with Crippen molar-refractivity contribution in [2.24, 2.45) is 0 Å². The van der Waals surface area contributed by atoms with Gasteiger partial charge >= 0.3 is 0 Å². The van der Waals surface area contributed by atoms with Crippen LogP contribution in [0.1, 0.15) is 35.4 Å². The first-order valence-corrected chi connectivity index (χ1v) is 9.23. The zero-order chi connectivity index (χ0) is 19.0. The number of ether oxygens (including phenoxy) is 1. The number of benzene rings is 2. The van der Waals surface area contributed by atoms with Crippen molar-refractivity contribution in [2.45, 2.75) is 32.3 Å². The summed E-state index contributed by atoms with van der Waals surface area (Å²) in [6.45, 7) is 3.83. The number of rotatable bonds is 4. The van der Waals surface area contributed by atoms with Gasteiger partial charge < -0.3 is 14.5 Å². The predicted molar refractivity (Wildman–Crippen MR) is 102 cm³/mol. The zero-order valence-corrected chi connectivity index (χ0v) is 15.4. The summed E-state index contributed by atoms with van der Waals surface area (Å²) in [6.07, 6.45) is 1.88. The Morgan fingerprint density at radius 1 is 1.31 bits per heavy atom. The van der Waals surface area contributed by atoms with Gasteiger partial charge in [-0.25, -0.2) is 0 Å². The lowest BCUT2D eigenvalue weighted by atomic mass is 9.88. The van der Waals surface area contributed by atoms with E-state index >= 15 is 0 Å². The Morgan fingerprint density at radius 2 is 2.12 bits per heavy atom. The fourth-order valence-corrected chi connectivity index (χ4v) is 3.84. The highest BCUT2D eigenvalue weighted by atomic mass is 35.5. The third kappa shape index (κ3) is 3.31. The number of hydrogen-bond acceptors (Lipinski definition) is 3. The number of piperidine rings is 1. The van der Waals surface area contributed by atoms with Gasteiger partial charge in [-0.3, -0.25) is 0 Å².